The molecule has 3 atom stereocenters. The molecule has 0 N–H and O–H groups in total. The van der Waals surface area contributed by atoms with Gasteiger partial charge < -0.3 is 9.80 Å². The summed E-state index contributed by atoms with van der Waals surface area (Å²) >= 11 is 0. The zero-order chi connectivity index (χ0) is 42.7. The summed E-state index contributed by atoms with van der Waals surface area (Å²) in [5, 5.41) is 0. The summed E-state index contributed by atoms with van der Waals surface area (Å²) in [6, 6.07) is 66.9. The summed E-state index contributed by atoms with van der Waals surface area (Å²) in [6.45, 7) is 9.62. The van der Waals surface area contributed by atoms with Crippen molar-refractivity contribution in [3.05, 3.63) is 204 Å². The molecule has 7 aromatic carbocycles. The lowest BCUT2D eigenvalue weighted by atomic mass is 9.61. The second-order valence-electron chi connectivity index (χ2n) is 20.4. The van der Waals surface area contributed by atoms with Gasteiger partial charge in [-0.3, -0.25) is 0 Å². The third-order valence-corrected chi connectivity index (χ3v) is 16.4. The van der Waals surface area contributed by atoms with E-state index in [0.717, 1.165) is 36.5 Å². The van der Waals surface area contributed by atoms with E-state index in [4.69, 9.17) is 0 Å². The molecule has 2 nitrogen and oxygen atoms in total. The second-order valence-corrected chi connectivity index (χ2v) is 20.4. The molecule has 0 spiro atoms. The third kappa shape index (κ3) is 7.02. The van der Waals surface area contributed by atoms with Crippen molar-refractivity contribution in [1.29, 1.82) is 0 Å². The third-order valence-electron chi connectivity index (χ3n) is 16.4. The van der Waals surface area contributed by atoms with Crippen LogP contribution in [0, 0.1) is 23.7 Å². The number of anilines is 6. The normalized spacial score (nSPS) is 23.1. The molecule has 0 aliphatic heterocycles. The van der Waals surface area contributed by atoms with Crippen molar-refractivity contribution in [1.82, 2.24) is 0 Å². The van der Waals surface area contributed by atoms with Crippen molar-refractivity contribution < 1.29 is 0 Å². The summed E-state index contributed by atoms with van der Waals surface area (Å²) in [6.07, 6.45) is 10.5. The Balaban J connectivity index is 0.974. The number of para-hydroxylation sites is 2. The molecule has 316 valence electrons. The van der Waals surface area contributed by atoms with Gasteiger partial charge in [-0.1, -0.05) is 137 Å². The first-order valence-electron chi connectivity index (χ1n) is 24.0. The van der Waals surface area contributed by atoms with Crippen LogP contribution in [0.3, 0.4) is 0 Å². The number of rotatable bonds is 10. The van der Waals surface area contributed by atoms with Crippen LogP contribution >= 0.6 is 0 Å². The number of nitrogens with zero attached hydrogens (tertiary/aromatic N) is 2. The Bertz CT molecular complexity index is 2650. The van der Waals surface area contributed by atoms with E-state index >= 15 is 0 Å². The topological polar surface area (TPSA) is 6.48 Å². The minimum atomic E-state index is -0.0703. The predicted octanol–water partition coefficient (Wildman–Crippen LogP) is 17.0. The lowest BCUT2D eigenvalue weighted by Crippen LogP contribution is -2.34. The summed E-state index contributed by atoms with van der Waals surface area (Å²) in [5.41, 5.74) is 17.0. The van der Waals surface area contributed by atoms with Gasteiger partial charge in [0.1, 0.15) is 0 Å². The van der Waals surface area contributed by atoms with Crippen LogP contribution in [0.4, 0.5) is 34.1 Å². The van der Waals surface area contributed by atoms with Crippen molar-refractivity contribution >= 4 is 34.1 Å². The van der Waals surface area contributed by atoms with E-state index in [9.17, 15) is 0 Å². The van der Waals surface area contributed by atoms with E-state index in [1.807, 2.05) is 0 Å². The number of hydrogen-bond donors (Lipinski definition) is 0. The fraction of sp³-hybridized carbons (Fsp3) is 0.311. The van der Waals surface area contributed by atoms with Crippen LogP contribution < -0.4 is 9.80 Å². The van der Waals surface area contributed by atoms with E-state index in [1.54, 1.807) is 0 Å². The molecule has 0 aromatic heterocycles. The van der Waals surface area contributed by atoms with Crippen molar-refractivity contribution in [2.45, 2.75) is 95.8 Å². The molecule has 63 heavy (non-hydrogen) atoms. The monoisotopic (exact) mass is 822 g/mol. The maximum atomic E-state index is 2.52. The molecule has 0 radical (unpaired) electrons. The first-order chi connectivity index (χ1) is 30.8. The highest BCUT2D eigenvalue weighted by molar-refractivity contribution is 5.85. The molecular formula is C61H62N2. The highest BCUT2D eigenvalue weighted by Crippen LogP contribution is 2.55. The van der Waals surface area contributed by atoms with Crippen molar-refractivity contribution in [2.75, 3.05) is 9.80 Å². The van der Waals surface area contributed by atoms with Crippen molar-refractivity contribution in [2.24, 2.45) is 23.7 Å². The molecule has 0 heterocycles. The van der Waals surface area contributed by atoms with Crippen LogP contribution in [0.1, 0.15) is 113 Å². The standard InChI is InChI=1S/C61H62N2/c1-42(2)44-35-37-61(38-36-44,47-23-29-52(30-24-47)62(49-13-7-5-8-14-49)50-15-9-6-10-16-50)48-25-31-53(32-26-48)63(51-27-21-45(22-28-51)57-40-43-19-20-46(57)39-43)54-33-34-56-55-17-11-12-18-58(55)60(3,4)59(56)41-54/h5-18,21-34,41-44,46,57H,19-20,35-40H2,1-4H3. The summed E-state index contributed by atoms with van der Waals surface area (Å²) in [5.74, 6) is 3.99. The first-order valence-corrected chi connectivity index (χ1v) is 24.0. The Hall–Kier alpha value is -5.86. The molecule has 4 aliphatic rings. The van der Waals surface area contributed by atoms with Gasteiger partial charge >= 0.3 is 0 Å². The molecule has 11 rings (SSSR count). The molecule has 4 aliphatic carbocycles. The van der Waals surface area contributed by atoms with Gasteiger partial charge in [-0.15, -0.1) is 0 Å². The second kappa shape index (κ2) is 16.0. The Morgan fingerprint density at radius 2 is 0.952 bits per heavy atom. The highest BCUT2D eigenvalue weighted by Gasteiger charge is 2.41. The minimum Gasteiger partial charge on any atom is -0.311 e. The van der Waals surface area contributed by atoms with Gasteiger partial charge in [0.05, 0.1) is 0 Å². The van der Waals surface area contributed by atoms with E-state index in [0.29, 0.717) is 5.92 Å². The fourth-order valence-electron chi connectivity index (χ4n) is 12.8. The lowest BCUT2D eigenvalue weighted by molar-refractivity contribution is 0.217. The van der Waals surface area contributed by atoms with Crippen molar-refractivity contribution in [3.63, 3.8) is 0 Å². The van der Waals surface area contributed by atoms with Gasteiger partial charge in [-0.2, -0.15) is 0 Å². The van der Waals surface area contributed by atoms with E-state index < -0.39 is 0 Å². The average Bonchev–Trinajstić information content (AvgIpc) is 4.03. The molecule has 3 unspecified atom stereocenters. The van der Waals surface area contributed by atoms with Crippen LogP contribution in [-0.4, -0.2) is 0 Å². The number of fused-ring (bicyclic) bond motifs is 5. The van der Waals surface area contributed by atoms with E-state index in [-0.39, 0.29) is 10.8 Å². The Kier molecular flexibility index (Phi) is 10.2. The summed E-state index contributed by atoms with van der Waals surface area (Å²) in [4.78, 5) is 4.89. The highest BCUT2D eigenvalue weighted by atomic mass is 15.1. The van der Waals surface area contributed by atoms with Crippen molar-refractivity contribution in [3.8, 4) is 11.1 Å². The zero-order valence-corrected chi connectivity index (χ0v) is 37.7. The predicted molar refractivity (Wildman–Crippen MR) is 266 cm³/mol. The van der Waals surface area contributed by atoms with E-state index in [1.165, 1.54) is 112 Å². The average molecular weight is 823 g/mol. The lowest BCUT2D eigenvalue weighted by Gasteiger charge is -2.43. The molecule has 2 bridgehead atoms. The zero-order valence-electron chi connectivity index (χ0n) is 37.7. The van der Waals surface area contributed by atoms with Crippen LogP contribution in [0.5, 0.6) is 0 Å². The van der Waals surface area contributed by atoms with Gasteiger partial charge in [0.15, 0.2) is 0 Å². The van der Waals surface area contributed by atoms with Crippen LogP contribution in [-0.2, 0) is 10.8 Å². The molecule has 3 fully saturated rings. The number of benzene rings is 7. The first kappa shape index (κ1) is 40.0. The molecular weight excluding hydrogens is 761 g/mol. The fourth-order valence-corrected chi connectivity index (χ4v) is 12.8. The quantitative estimate of drug-likeness (QED) is 0.136. The Morgan fingerprint density at radius 1 is 0.460 bits per heavy atom. The maximum absolute atomic E-state index is 2.52. The van der Waals surface area contributed by atoms with Gasteiger partial charge in [-0.25, -0.2) is 0 Å². The largest absolute Gasteiger partial charge is 0.311 e. The molecule has 2 heteroatoms. The van der Waals surface area contributed by atoms with Crippen LogP contribution in [0.15, 0.2) is 176 Å². The molecule has 0 amide bonds. The molecule has 3 saturated carbocycles. The smallest absolute Gasteiger partial charge is 0.0465 e. The molecule has 7 aromatic rings. The number of hydrogen-bond acceptors (Lipinski definition) is 2. The SMILES string of the molecule is CC(C)C1CCC(c2ccc(N(c3ccccc3)c3ccccc3)cc2)(c2ccc(N(c3ccc(C4CC5CCC4C5)cc3)c3ccc4c(c3)C(C)(C)c3ccccc3-4)cc2)CC1. The van der Waals surface area contributed by atoms with Crippen LogP contribution in [0.25, 0.3) is 11.1 Å². The Labute approximate surface area is 376 Å². The Morgan fingerprint density at radius 3 is 1.49 bits per heavy atom. The van der Waals surface area contributed by atoms with Gasteiger partial charge in [-0.05, 0) is 186 Å². The van der Waals surface area contributed by atoms with Crippen LogP contribution in [0.2, 0.25) is 0 Å². The molecule has 0 saturated heterocycles. The summed E-state index contributed by atoms with van der Waals surface area (Å²) in [7, 11) is 0. The maximum Gasteiger partial charge on any atom is 0.0465 e. The minimum absolute atomic E-state index is 0.0523. The summed E-state index contributed by atoms with van der Waals surface area (Å²) < 4.78 is 0. The van der Waals surface area contributed by atoms with Gasteiger partial charge in [0.25, 0.3) is 0 Å². The van der Waals surface area contributed by atoms with Gasteiger partial charge in [0, 0.05) is 45.0 Å². The van der Waals surface area contributed by atoms with E-state index in [2.05, 4.69) is 213 Å². The van der Waals surface area contributed by atoms with Gasteiger partial charge in [0.2, 0.25) is 0 Å².